The highest BCUT2D eigenvalue weighted by atomic mass is 16.5. The van der Waals surface area contributed by atoms with Gasteiger partial charge in [-0.05, 0) is 41.8 Å². The van der Waals surface area contributed by atoms with Gasteiger partial charge in [-0.25, -0.2) is 0 Å². The van der Waals surface area contributed by atoms with E-state index in [0.717, 1.165) is 44.9 Å². The zero-order valence-corrected chi connectivity index (χ0v) is 14.7. The van der Waals surface area contributed by atoms with Crippen LogP contribution in [0.1, 0.15) is 24.0 Å². The van der Waals surface area contributed by atoms with Gasteiger partial charge in [0, 0.05) is 51.5 Å². The minimum atomic E-state index is 0.285. The van der Waals surface area contributed by atoms with Gasteiger partial charge in [0.1, 0.15) is 5.75 Å². The molecule has 1 fully saturated rings. The van der Waals surface area contributed by atoms with E-state index in [1.54, 1.807) is 7.11 Å². The minimum absolute atomic E-state index is 0.285. The highest BCUT2D eigenvalue weighted by Crippen LogP contribution is 2.15. The SMILES string of the molecule is COc1ccc(CN(CCN2CCCC2=O)Cc2ccncc2)cc1. The molecule has 2 heterocycles. The van der Waals surface area contributed by atoms with Crippen molar-refractivity contribution in [3.63, 3.8) is 0 Å². The highest BCUT2D eigenvalue weighted by molar-refractivity contribution is 5.78. The van der Waals surface area contributed by atoms with Crippen LogP contribution in [0.15, 0.2) is 48.8 Å². The van der Waals surface area contributed by atoms with Gasteiger partial charge in [0.2, 0.25) is 5.91 Å². The first-order valence-corrected chi connectivity index (χ1v) is 8.76. The fourth-order valence-corrected chi connectivity index (χ4v) is 3.15. The summed E-state index contributed by atoms with van der Waals surface area (Å²) in [6, 6.07) is 12.3. The van der Waals surface area contributed by atoms with E-state index in [0.29, 0.717) is 6.42 Å². The van der Waals surface area contributed by atoms with Crippen molar-refractivity contribution in [2.24, 2.45) is 0 Å². The van der Waals surface area contributed by atoms with Crippen molar-refractivity contribution in [1.29, 1.82) is 0 Å². The van der Waals surface area contributed by atoms with E-state index in [4.69, 9.17) is 4.74 Å². The molecule has 1 aliphatic heterocycles. The molecule has 0 N–H and O–H groups in total. The summed E-state index contributed by atoms with van der Waals surface area (Å²) in [6.45, 7) is 4.23. The third-order valence-corrected chi connectivity index (χ3v) is 4.58. The number of carbonyl (C=O) groups is 1. The Balaban J connectivity index is 1.65. The number of ether oxygens (including phenoxy) is 1. The lowest BCUT2D eigenvalue weighted by Crippen LogP contribution is -2.35. The molecule has 1 amide bonds. The second-order valence-corrected chi connectivity index (χ2v) is 6.40. The molecule has 0 bridgehead atoms. The van der Waals surface area contributed by atoms with E-state index >= 15 is 0 Å². The van der Waals surface area contributed by atoms with Gasteiger partial charge in [-0.3, -0.25) is 14.7 Å². The van der Waals surface area contributed by atoms with Crippen LogP contribution in [0, 0.1) is 0 Å². The first kappa shape index (κ1) is 17.4. The number of rotatable bonds is 8. The number of pyridine rings is 1. The molecular weight excluding hydrogens is 314 g/mol. The van der Waals surface area contributed by atoms with Gasteiger partial charge in [-0.2, -0.15) is 0 Å². The van der Waals surface area contributed by atoms with Crippen molar-refractivity contribution in [3.8, 4) is 5.75 Å². The number of hydrogen-bond acceptors (Lipinski definition) is 4. The number of aromatic nitrogens is 1. The van der Waals surface area contributed by atoms with E-state index < -0.39 is 0 Å². The van der Waals surface area contributed by atoms with Crippen molar-refractivity contribution in [2.75, 3.05) is 26.7 Å². The first-order chi connectivity index (χ1) is 12.2. The molecular formula is C20H25N3O2. The Morgan fingerprint density at radius 3 is 2.36 bits per heavy atom. The summed E-state index contributed by atoms with van der Waals surface area (Å²) in [5.74, 6) is 1.15. The predicted octanol–water partition coefficient (Wildman–Crippen LogP) is 2.71. The highest BCUT2D eigenvalue weighted by Gasteiger charge is 2.20. The first-order valence-electron chi connectivity index (χ1n) is 8.76. The number of likely N-dealkylation sites (tertiary alicyclic amines) is 1. The normalized spacial score (nSPS) is 14.3. The smallest absolute Gasteiger partial charge is 0.222 e. The van der Waals surface area contributed by atoms with Crippen molar-refractivity contribution in [1.82, 2.24) is 14.8 Å². The summed E-state index contributed by atoms with van der Waals surface area (Å²) in [4.78, 5) is 20.3. The summed E-state index contributed by atoms with van der Waals surface area (Å²) in [5.41, 5.74) is 2.47. The van der Waals surface area contributed by atoms with Crippen LogP contribution in [-0.4, -0.2) is 47.4 Å². The average molecular weight is 339 g/mol. The topological polar surface area (TPSA) is 45.7 Å². The third kappa shape index (κ3) is 5.03. The number of carbonyl (C=O) groups excluding carboxylic acids is 1. The van der Waals surface area contributed by atoms with Crippen molar-refractivity contribution < 1.29 is 9.53 Å². The molecule has 1 aromatic carbocycles. The summed E-state index contributed by atoms with van der Waals surface area (Å²) in [5, 5.41) is 0. The number of nitrogens with zero attached hydrogens (tertiary/aromatic N) is 3. The standard InChI is InChI=1S/C20H25N3O2/c1-25-19-6-4-17(5-7-19)15-22(16-18-8-10-21-11-9-18)13-14-23-12-2-3-20(23)24/h4-11H,2-3,12-16H2,1H3. The van der Waals surface area contributed by atoms with Gasteiger partial charge in [-0.15, -0.1) is 0 Å². The quantitative estimate of drug-likeness (QED) is 0.742. The molecule has 0 unspecified atom stereocenters. The number of benzene rings is 1. The Hall–Kier alpha value is -2.40. The molecule has 5 heteroatoms. The molecule has 3 rings (SSSR count). The van der Waals surface area contributed by atoms with Crippen molar-refractivity contribution in [3.05, 3.63) is 59.9 Å². The monoisotopic (exact) mass is 339 g/mol. The van der Waals surface area contributed by atoms with Gasteiger partial charge < -0.3 is 9.64 Å². The Morgan fingerprint density at radius 1 is 1.08 bits per heavy atom. The molecule has 1 aliphatic rings. The van der Waals surface area contributed by atoms with E-state index in [1.165, 1.54) is 11.1 Å². The summed E-state index contributed by atoms with van der Waals surface area (Å²) < 4.78 is 5.23. The van der Waals surface area contributed by atoms with Crippen LogP contribution in [-0.2, 0) is 17.9 Å². The molecule has 0 saturated carbocycles. The summed E-state index contributed by atoms with van der Waals surface area (Å²) in [7, 11) is 1.68. The zero-order chi connectivity index (χ0) is 17.5. The van der Waals surface area contributed by atoms with Crippen LogP contribution in [0.3, 0.4) is 0 Å². The van der Waals surface area contributed by atoms with Crippen LogP contribution >= 0.6 is 0 Å². The maximum Gasteiger partial charge on any atom is 0.222 e. The third-order valence-electron chi connectivity index (χ3n) is 4.58. The lowest BCUT2D eigenvalue weighted by molar-refractivity contribution is -0.127. The number of amides is 1. The lowest BCUT2D eigenvalue weighted by atomic mass is 10.2. The molecule has 0 radical (unpaired) electrons. The lowest BCUT2D eigenvalue weighted by Gasteiger charge is -2.25. The fraction of sp³-hybridized carbons (Fsp3) is 0.400. The van der Waals surface area contributed by atoms with Crippen molar-refractivity contribution in [2.45, 2.75) is 25.9 Å². The molecule has 132 valence electrons. The van der Waals surface area contributed by atoms with Crippen LogP contribution in [0.25, 0.3) is 0 Å². The van der Waals surface area contributed by atoms with Crippen molar-refractivity contribution >= 4 is 5.91 Å². The summed E-state index contributed by atoms with van der Waals surface area (Å²) in [6.07, 6.45) is 5.33. The van der Waals surface area contributed by atoms with E-state index in [1.807, 2.05) is 41.6 Å². The van der Waals surface area contributed by atoms with Crippen LogP contribution < -0.4 is 4.74 Å². The minimum Gasteiger partial charge on any atom is -0.497 e. The van der Waals surface area contributed by atoms with E-state index in [2.05, 4.69) is 22.0 Å². The molecule has 0 aliphatic carbocycles. The van der Waals surface area contributed by atoms with Gasteiger partial charge >= 0.3 is 0 Å². The number of methoxy groups -OCH3 is 1. The zero-order valence-electron chi connectivity index (χ0n) is 14.7. The van der Waals surface area contributed by atoms with Gasteiger partial charge in [0.25, 0.3) is 0 Å². The van der Waals surface area contributed by atoms with Crippen LogP contribution in [0.5, 0.6) is 5.75 Å². The van der Waals surface area contributed by atoms with Gasteiger partial charge in [0.05, 0.1) is 7.11 Å². The maximum absolute atomic E-state index is 11.9. The molecule has 1 aromatic heterocycles. The fourth-order valence-electron chi connectivity index (χ4n) is 3.15. The van der Waals surface area contributed by atoms with Gasteiger partial charge in [-0.1, -0.05) is 12.1 Å². The predicted molar refractivity (Wildman–Crippen MR) is 97.2 cm³/mol. The largest absolute Gasteiger partial charge is 0.497 e. The number of hydrogen-bond donors (Lipinski definition) is 0. The average Bonchev–Trinajstić information content (AvgIpc) is 3.06. The molecule has 1 saturated heterocycles. The summed E-state index contributed by atoms with van der Waals surface area (Å²) >= 11 is 0. The van der Waals surface area contributed by atoms with E-state index in [9.17, 15) is 4.79 Å². The van der Waals surface area contributed by atoms with Gasteiger partial charge in [0.15, 0.2) is 0 Å². The molecule has 25 heavy (non-hydrogen) atoms. The Labute approximate surface area is 149 Å². The molecule has 5 nitrogen and oxygen atoms in total. The maximum atomic E-state index is 11.9. The molecule has 0 atom stereocenters. The van der Waals surface area contributed by atoms with Crippen LogP contribution in [0.4, 0.5) is 0 Å². The second-order valence-electron chi connectivity index (χ2n) is 6.40. The molecule has 2 aromatic rings. The molecule has 0 spiro atoms. The second kappa shape index (κ2) is 8.62. The van der Waals surface area contributed by atoms with E-state index in [-0.39, 0.29) is 5.91 Å². The Morgan fingerprint density at radius 2 is 1.76 bits per heavy atom. The Kier molecular flexibility index (Phi) is 6.01. The Bertz CT molecular complexity index is 673. The van der Waals surface area contributed by atoms with Crippen LogP contribution in [0.2, 0.25) is 0 Å².